The largest absolute Gasteiger partial charge is 0.398 e. The summed E-state index contributed by atoms with van der Waals surface area (Å²) < 4.78 is 5.83. The number of nitrogen functional groups attached to an aromatic ring is 1. The maximum absolute atomic E-state index is 5.97. The first-order valence-electron chi connectivity index (χ1n) is 6.57. The minimum atomic E-state index is -0.229. The normalized spacial score (nSPS) is 13.6. The van der Waals surface area contributed by atoms with Crippen LogP contribution in [0.15, 0.2) is 18.5 Å². The summed E-state index contributed by atoms with van der Waals surface area (Å²) >= 11 is 0. The van der Waals surface area contributed by atoms with E-state index < -0.39 is 0 Å². The van der Waals surface area contributed by atoms with E-state index in [9.17, 15) is 0 Å². The number of rotatable bonds is 7. The monoisotopic (exact) mass is 251 g/mol. The van der Waals surface area contributed by atoms with Crippen LogP contribution in [0.25, 0.3) is 0 Å². The molecule has 0 amide bonds. The fourth-order valence-corrected chi connectivity index (χ4v) is 2.11. The van der Waals surface area contributed by atoms with E-state index in [1.165, 1.54) is 0 Å². The molecule has 1 aromatic rings. The van der Waals surface area contributed by atoms with Crippen molar-refractivity contribution in [2.45, 2.75) is 45.8 Å². The predicted octanol–water partition coefficient (Wildman–Crippen LogP) is 2.00. The molecular formula is C14H25N3O. The van der Waals surface area contributed by atoms with E-state index in [4.69, 9.17) is 10.5 Å². The number of nitrogens with two attached hydrogens (primary N) is 1. The summed E-state index contributed by atoms with van der Waals surface area (Å²) in [5.74, 6) is 0. The average molecular weight is 251 g/mol. The van der Waals surface area contributed by atoms with Gasteiger partial charge in [0.15, 0.2) is 0 Å². The van der Waals surface area contributed by atoms with Gasteiger partial charge in [-0.2, -0.15) is 0 Å². The van der Waals surface area contributed by atoms with Crippen molar-refractivity contribution in [2.24, 2.45) is 0 Å². The third-order valence-electron chi connectivity index (χ3n) is 3.17. The molecular weight excluding hydrogens is 226 g/mol. The highest BCUT2D eigenvalue weighted by molar-refractivity contribution is 5.44. The summed E-state index contributed by atoms with van der Waals surface area (Å²) in [6.07, 6.45) is 4.37. The van der Waals surface area contributed by atoms with Gasteiger partial charge in [0.05, 0.1) is 5.60 Å². The second-order valence-electron chi connectivity index (χ2n) is 4.93. The lowest BCUT2D eigenvalue weighted by Gasteiger charge is -2.35. The van der Waals surface area contributed by atoms with Gasteiger partial charge in [0.2, 0.25) is 0 Å². The fraction of sp³-hybridized carbons (Fsp3) is 0.643. The van der Waals surface area contributed by atoms with E-state index in [1.54, 1.807) is 6.20 Å². The summed E-state index contributed by atoms with van der Waals surface area (Å²) in [5.41, 5.74) is 7.60. The van der Waals surface area contributed by atoms with Crippen LogP contribution in [0.1, 0.15) is 33.3 Å². The van der Waals surface area contributed by atoms with Gasteiger partial charge in [-0.25, -0.2) is 0 Å². The topological polar surface area (TPSA) is 60.2 Å². The number of ether oxygens (including phenoxy) is 1. The lowest BCUT2D eigenvalue weighted by Crippen LogP contribution is -2.50. The first kappa shape index (κ1) is 14.9. The summed E-state index contributed by atoms with van der Waals surface area (Å²) in [7, 11) is 0. The Bertz CT molecular complexity index is 366. The predicted molar refractivity (Wildman–Crippen MR) is 75.5 cm³/mol. The van der Waals surface area contributed by atoms with Crippen molar-refractivity contribution in [2.75, 3.05) is 18.9 Å². The quantitative estimate of drug-likeness (QED) is 0.778. The number of nitrogens with one attached hydrogen (secondary N) is 1. The number of pyridine rings is 1. The number of hydrogen-bond acceptors (Lipinski definition) is 4. The van der Waals surface area contributed by atoms with Crippen LogP contribution in [0.5, 0.6) is 0 Å². The van der Waals surface area contributed by atoms with E-state index in [0.29, 0.717) is 6.61 Å². The zero-order valence-corrected chi connectivity index (χ0v) is 11.9. The second-order valence-corrected chi connectivity index (χ2v) is 4.93. The van der Waals surface area contributed by atoms with Crippen LogP contribution >= 0.6 is 0 Å². The Hall–Kier alpha value is -1.13. The number of anilines is 1. The molecule has 1 atom stereocenters. The van der Waals surface area contributed by atoms with Crippen molar-refractivity contribution >= 4 is 5.69 Å². The smallest absolute Gasteiger partial charge is 0.0781 e. The molecule has 0 radical (unpaired) electrons. The van der Waals surface area contributed by atoms with Crippen LogP contribution < -0.4 is 11.1 Å². The van der Waals surface area contributed by atoms with E-state index >= 15 is 0 Å². The number of likely N-dealkylation sites (N-methyl/N-ethyl adjacent to an activating group) is 1. The molecule has 1 unspecified atom stereocenters. The van der Waals surface area contributed by atoms with Crippen LogP contribution in [0.3, 0.4) is 0 Å². The fourth-order valence-electron chi connectivity index (χ4n) is 2.11. The molecule has 1 aromatic heterocycles. The third kappa shape index (κ3) is 3.96. The molecule has 4 heteroatoms. The summed E-state index contributed by atoms with van der Waals surface area (Å²) in [5, 5.41) is 3.48. The van der Waals surface area contributed by atoms with E-state index in [-0.39, 0.29) is 11.6 Å². The molecule has 0 saturated heterocycles. The zero-order chi connectivity index (χ0) is 13.6. The molecule has 0 spiro atoms. The van der Waals surface area contributed by atoms with Crippen LogP contribution in [0, 0.1) is 0 Å². The first-order valence-corrected chi connectivity index (χ1v) is 6.57. The number of aromatic nitrogens is 1. The van der Waals surface area contributed by atoms with Gasteiger partial charge in [-0.15, -0.1) is 0 Å². The van der Waals surface area contributed by atoms with Gasteiger partial charge in [-0.05, 0) is 45.4 Å². The summed E-state index contributed by atoms with van der Waals surface area (Å²) in [6.45, 7) is 9.94. The minimum Gasteiger partial charge on any atom is -0.398 e. The molecule has 0 aromatic carbocycles. The SMILES string of the molecule is CCNC(Cc1cnccc1N)C(C)(C)OCC. The van der Waals surface area contributed by atoms with Gasteiger partial charge in [-0.1, -0.05) is 6.92 Å². The van der Waals surface area contributed by atoms with Gasteiger partial charge in [0, 0.05) is 30.7 Å². The van der Waals surface area contributed by atoms with Crippen molar-refractivity contribution in [1.82, 2.24) is 10.3 Å². The molecule has 0 fully saturated rings. The Labute approximate surface area is 110 Å². The molecule has 1 heterocycles. The van der Waals surface area contributed by atoms with Crippen LogP contribution in [0.2, 0.25) is 0 Å². The maximum atomic E-state index is 5.97. The molecule has 4 nitrogen and oxygen atoms in total. The Morgan fingerprint density at radius 2 is 2.17 bits per heavy atom. The number of nitrogens with zero attached hydrogens (tertiary/aromatic N) is 1. The molecule has 0 aliphatic heterocycles. The van der Waals surface area contributed by atoms with Gasteiger partial charge in [0.1, 0.15) is 0 Å². The first-order chi connectivity index (χ1) is 8.51. The van der Waals surface area contributed by atoms with Gasteiger partial charge in [0.25, 0.3) is 0 Å². The molecule has 102 valence electrons. The van der Waals surface area contributed by atoms with Gasteiger partial charge in [-0.3, -0.25) is 4.98 Å². The second kappa shape index (κ2) is 6.71. The maximum Gasteiger partial charge on any atom is 0.0781 e. The number of hydrogen-bond donors (Lipinski definition) is 2. The van der Waals surface area contributed by atoms with Crippen molar-refractivity contribution in [3.05, 3.63) is 24.0 Å². The van der Waals surface area contributed by atoms with E-state index in [2.05, 4.69) is 31.1 Å². The molecule has 0 saturated carbocycles. The Balaban J connectivity index is 2.83. The standard InChI is InChI=1S/C14H25N3O/c1-5-17-13(14(3,4)18-6-2)9-11-10-16-8-7-12(11)15/h7-8,10,13,17H,5-6,9H2,1-4H3,(H2,15,16). The highest BCUT2D eigenvalue weighted by Gasteiger charge is 2.29. The van der Waals surface area contributed by atoms with Gasteiger partial charge >= 0.3 is 0 Å². The Morgan fingerprint density at radius 3 is 2.72 bits per heavy atom. The highest BCUT2D eigenvalue weighted by atomic mass is 16.5. The summed E-state index contributed by atoms with van der Waals surface area (Å²) in [4.78, 5) is 4.14. The molecule has 0 bridgehead atoms. The Kier molecular flexibility index (Phi) is 5.56. The van der Waals surface area contributed by atoms with Crippen molar-refractivity contribution in [3.8, 4) is 0 Å². The average Bonchev–Trinajstić information content (AvgIpc) is 2.31. The molecule has 3 N–H and O–H groups in total. The minimum absolute atomic E-state index is 0.217. The van der Waals surface area contributed by atoms with Crippen LogP contribution in [-0.2, 0) is 11.2 Å². The van der Waals surface area contributed by atoms with Crippen LogP contribution in [-0.4, -0.2) is 29.8 Å². The molecule has 18 heavy (non-hydrogen) atoms. The highest BCUT2D eigenvalue weighted by Crippen LogP contribution is 2.21. The Morgan fingerprint density at radius 1 is 1.44 bits per heavy atom. The molecule has 0 aliphatic carbocycles. The molecule has 0 aliphatic rings. The van der Waals surface area contributed by atoms with Gasteiger partial charge < -0.3 is 15.8 Å². The van der Waals surface area contributed by atoms with E-state index in [0.717, 1.165) is 24.2 Å². The lowest BCUT2D eigenvalue weighted by atomic mass is 9.92. The lowest BCUT2D eigenvalue weighted by molar-refractivity contribution is -0.0376. The van der Waals surface area contributed by atoms with E-state index in [1.807, 2.05) is 19.2 Å². The summed E-state index contributed by atoms with van der Waals surface area (Å²) in [6, 6.07) is 2.06. The van der Waals surface area contributed by atoms with Crippen LogP contribution in [0.4, 0.5) is 5.69 Å². The third-order valence-corrected chi connectivity index (χ3v) is 3.17. The van der Waals surface area contributed by atoms with Crippen molar-refractivity contribution in [3.63, 3.8) is 0 Å². The van der Waals surface area contributed by atoms with Crippen molar-refractivity contribution < 1.29 is 4.74 Å². The van der Waals surface area contributed by atoms with Crippen molar-refractivity contribution in [1.29, 1.82) is 0 Å². The molecule has 1 rings (SSSR count). The zero-order valence-electron chi connectivity index (χ0n) is 11.9.